The Kier molecular flexibility index (Phi) is 3.28. The van der Waals surface area contributed by atoms with Crippen LogP contribution in [0.3, 0.4) is 0 Å². The van der Waals surface area contributed by atoms with Crippen molar-refractivity contribution < 1.29 is 14.3 Å². The standard InChI is InChI=1S/C18H18O3/c1-18-10-13(15(19)11-18)17(12-6-4-3-5-7-12)14(18)8-9-16(20)21-2/h3-9,13H,10-11H2,1-2H3. The van der Waals surface area contributed by atoms with E-state index in [0.717, 1.165) is 23.1 Å². The lowest BCUT2D eigenvalue weighted by Crippen LogP contribution is -2.18. The second-order valence-electron chi connectivity index (χ2n) is 6.01. The number of ether oxygens (including phenoxy) is 1. The summed E-state index contributed by atoms with van der Waals surface area (Å²) in [5, 5.41) is 0. The van der Waals surface area contributed by atoms with Crippen molar-refractivity contribution in [3.8, 4) is 0 Å². The number of fused-ring (bicyclic) bond motifs is 2. The molecule has 0 spiro atoms. The molecule has 2 atom stereocenters. The van der Waals surface area contributed by atoms with Gasteiger partial charge >= 0.3 is 5.97 Å². The average molecular weight is 282 g/mol. The molecule has 3 rings (SSSR count). The number of hydrogen-bond donors (Lipinski definition) is 0. The van der Waals surface area contributed by atoms with Crippen molar-refractivity contribution in [2.24, 2.45) is 11.3 Å². The van der Waals surface area contributed by atoms with E-state index in [9.17, 15) is 9.59 Å². The van der Waals surface area contributed by atoms with E-state index in [1.54, 1.807) is 0 Å². The van der Waals surface area contributed by atoms with Crippen LogP contribution >= 0.6 is 0 Å². The summed E-state index contributed by atoms with van der Waals surface area (Å²) in [6.07, 6.45) is 4.70. The van der Waals surface area contributed by atoms with Crippen molar-refractivity contribution in [2.75, 3.05) is 7.11 Å². The van der Waals surface area contributed by atoms with E-state index in [4.69, 9.17) is 0 Å². The molecule has 0 aromatic heterocycles. The highest BCUT2D eigenvalue weighted by atomic mass is 16.5. The molecule has 2 unspecified atom stereocenters. The van der Waals surface area contributed by atoms with Crippen LogP contribution in [0.25, 0.3) is 5.57 Å². The number of carbonyl (C=O) groups is 2. The van der Waals surface area contributed by atoms with E-state index in [0.29, 0.717) is 12.2 Å². The summed E-state index contributed by atoms with van der Waals surface area (Å²) >= 11 is 0. The second kappa shape index (κ2) is 4.99. The van der Waals surface area contributed by atoms with Gasteiger partial charge in [-0.1, -0.05) is 43.3 Å². The van der Waals surface area contributed by atoms with Crippen molar-refractivity contribution in [3.63, 3.8) is 0 Å². The summed E-state index contributed by atoms with van der Waals surface area (Å²) in [6.45, 7) is 2.11. The van der Waals surface area contributed by atoms with Crippen LogP contribution in [0.5, 0.6) is 0 Å². The van der Waals surface area contributed by atoms with Crippen LogP contribution in [0.2, 0.25) is 0 Å². The topological polar surface area (TPSA) is 43.4 Å². The van der Waals surface area contributed by atoms with Gasteiger partial charge in [-0.15, -0.1) is 0 Å². The van der Waals surface area contributed by atoms with Gasteiger partial charge in [0.2, 0.25) is 0 Å². The molecule has 108 valence electrons. The molecule has 0 heterocycles. The van der Waals surface area contributed by atoms with Crippen LogP contribution in [-0.4, -0.2) is 18.9 Å². The number of hydrogen-bond acceptors (Lipinski definition) is 3. The normalized spacial score (nSPS) is 27.7. The monoisotopic (exact) mass is 282 g/mol. The fourth-order valence-corrected chi connectivity index (χ4v) is 3.61. The summed E-state index contributed by atoms with van der Waals surface area (Å²) in [5.41, 5.74) is 3.10. The van der Waals surface area contributed by atoms with Crippen LogP contribution < -0.4 is 0 Å². The molecule has 1 aromatic carbocycles. The maximum absolute atomic E-state index is 12.2. The zero-order valence-corrected chi connectivity index (χ0v) is 12.3. The van der Waals surface area contributed by atoms with E-state index in [-0.39, 0.29) is 17.3 Å². The lowest BCUT2D eigenvalue weighted by molar-refractivity contribution is -0.134. The second-order valence-corrected chi connectivity index (χ2v) is 6.01. The number of methoxy groups -OCH3 is 1. The Hall–Kier alpha value is -2.16. The summed E-state index contributed by atoms with van der Waals surface area (Å²) < 4.78 is 4.67. The molecule has 3 heteroatoms. The smallest absolute Gasteiger partial charge is 0.330 e. The van der Waals surface area contributed by atoms with E-state index in [1.807, 2.05) is 36.4 Å². The largest absolute Gasteiger partial charge is 0.466 e. The molecule has 0 N–H and O–H groups in total. The van der Waals surface area contributed by atoms with E-state index in [1.165, 1.54) is 13.2 Å². The van der Waals surface area contributed by atoms with Gasteiger partial charge in [-0.2, -0.15) is 0 Å². The first-order valence-corrected chi connectivity index (χ1v) is 7.14. The van der Waals surface area contributed by atoms with Crippen LogP contribution in [0, 0.1) is 11.3 Å². The predicted octanol–water partition coefficient (Wildman–Crippen LogP) is 3.17. The van der Waals surface area contributed by atoms with Crippen LogP contribution in [0.1, 0.15) is 25.3 Å². The third kappa shape index (κ3) is 2.23. The lowest BCUT2D eigenvalue weighted by atomic mass is 9.78. The number of allylic oxidation sites excluding steroid dienone is 3. The zero-order chi connectivity index (χ0) is 15.0. The highest BCUT2D eigenvalue weighted by molar-refractivity contribution is 6.01. The number of carbonyl (C=O) groups excluding carboxylic acids is 2. The first kappa shape index (κ1) is 13.8. The highest BCUT2D eigenvalue weighted by Gasteiger charge is 2.51. The minimum Gasteiger partial charge on any atom is -0.466 e. The van der Waals surface area contributed by atoms with Gasteiger partial charge in [-0.3, -0.25) is 4.79 Å². The van der Waals surface area contributed by atoms with Crippen molar-refractivity contribution in [1.82, 2.24) is 0 Å². The quantitative estimate of drug-likeness (QED) is 0.632. The Morgan fingerprint density at radius 1 is 1.33 bits per heavy atom. The molecular weight excluding hydrogens is 264 g/mol. The number of rotatable bonds is 3. The summed E-state index contributed by atoms with van der Waals surface area (Å²) in [4.78, 5) is 23.6. The summed E-state index contributed by atoms with van der Waals surface area (Å²) in [5.74, 6) is -0.0890. The van der Waals surface area contributed by atoms with Gasteiger partial charge in [0.05, 0.1) is 7.11 Å². The molecule has 21 heavy (non-hydrogen) atoms. The van der Waals surface area contributed by atoms with E-state index >= 15 is 0 Å². The first-order chi connectivity index (χ1) is 10.0. The molecule has 1 saturated carbocycles. The molecule has 1 fully saturated rings. The van der Waals surface area contributed by atoms with Crippen LogP contribution in [-0.2, 0) is 14.3 Å². The first-order valence-electron chi connectivity index (χ1n) is 7.14. The minimum atomic E-state index is -0.368. The third-order valence-electron chi connectivity index (χ3n) is 4.57. The molecule has 3 nitrogen and oxygen atoms in total. The average Bonchev–Trinajstić information content (AvgIpc) is 2.94. The lowest BCUT2D eigenvalue weighted by Gasteiger charge is -2.25. The van der Waals surface area contributed by atoms with Crippen molar-refractivity contribution in [3.05, 3.63) is 53.6 Å². The molecule has 0 saturated heterocycles. The molecule has 0 radical (unpaired) electrons. The Bertz CT molecular complexity index is 654. The molecule has 0 aliphatic heterocycles. The van der Waals surface area contributed by atoms with Gasteiger partial charge in [0, 0.05) is 23.8 Å². The number of benzene rings is 1. The van der Waals surface area contributed by atoms with Gasteiger partial charge in [0.15, 0.2) is 0 Å². The van der Waals surface area contributed by atoms with Crippen LogP contribution in [0.4, 0.5) is 0 Å². The van der Waals surface area contributed by atoms with Gasteiger partial charge in [-0.05, 0) is 23.1 Å². The van der Waals surface area contributed by atoms with Crippen molar-refractivity contribution >= 4 is 17.3 Å². The Morgan fingerprint density at radius 2 is 2.05 bits per heavy atom. The van der Waals surface area contributed by atoms with Crippen molar-refractivity contribution in [1.29, 1.82) is 0 Å². The zero-order valence-electron chi connectivity index (χ0n) is 12.3. The summed E-state index contributed by atoms with van der Waals surface area (Å²) in [6, 6.07) is 9.97. The third-order valence-corrected chi connectivity index (χ3v) is 4.57. The Balaban J connectivity index is 2.11. The fourth-order valence-electron chi connectivity index (χ4n) is 3.61. The maximum Gasteiger partial charge on any atom is 0.330 e. The number of esters is 1. The van der Waals surface area contributed by atoms with Gasteiger partial charge in [-0.25, -0.2) is 4.79 Å². The fraction of sp³-hybridized carbons (Fsp3) is 0.333. The van der Waals surface area contributed by atoms with E-state index in [2.05, 4.69) is 11.7 Å². The maximum atomic E-state index is 12.2. The molecule has 2 bridgehead atoms. The SMILES string of the molecule is COC(=O)C=CC1=C(c2ccccc2)C2CC1(C)CC2=O. The number of ketones is 1. The molecule has 2 aliphatic carbocycles. The van der Waals surface area contributed by atoms with Gasteiger partial charge in [0.25, 0.3) is 0 Å². The van der Waals surface area contributed by atoms with Gasteiger partial charge in [0.1, 0.15) is 5.78 Å². The summed E-state index contributed by atoms with van der Waals surface area (Å²) in [7, 11) is 1.37. The molecule has 2 aliphatic rings. The van der Waals surface area contributed by atoms with Crippen LogP contribution in [0.15, 0.2) is 48.1 Å². The molecular formula is C18H18O3. The molecule has 1 aromatic rings. The Labute approximate surface area is 124 Å². The number of Topliss-reactive ketones (excluding diaryl/α,β-unsaturated/α-hetero) is 1. The highest BCUT2D eigenvalue weighted by Crippen LogP contribution is 2.58. The Morgan fingerprint density at radius 3 is 2.71 bits per heavy atom. The van der Waals surface area contributed by atoms with Gasteiger partial charge < -0.3 is 4.74 Å². The molecule has 0 amide bonds. The minimum absolute atomic E-state index is 0.0327. The predicted molar refractivity (Wildman–Crippen MR) is 80.4 cm³/mol. The van der Waals surface area contributed by atoms with E-state index < -0.39 is 0 Å². The van der Waals surface area contributed by atoms with Crippen molar-refractivity contribution in [2.45, 2.75) is 19.8 Å².